The molecule has 0 bridgehead atoms. The van der Waals surface area contributed by atoms with Gasteiger partial charge >= 0.3 is 0 Å². The van der Waals surface area contributed by atoms with Crippen LogP contribution in [0.5, 0.6) is 0 Å². The number of hydrogen-bond acceptors (Lipinski definition) is 5. The summed E-state index contributed by atoms with van der Waals surface area (Å²) in [6.07, 6.45) is 0.0474. The lowest BCUT2D eigenvalue weighted by molar-refractivity contribution is -0.118. The summed E-state index contributed by atoms with van der Waals surface area (Å²) in [5.74, 6) is 2.37. The topological polar surface area (TPSA) is 67.6 Å². The lowest BCUT2D eigenvalue weighted by Gasteiger charge is -2.26. The summed E-state index contributed by atoms with van der Waals surface area (Å²) in [6, 6.07) is 6.25. The van der Waals surface area contributed by atoms with Gasteiger partial charge in [0.1, 0.15) is 0 Å². The number of rotatable bonds is 7. The standard InChI is InChI=1S/C17H27N3O2S/c1-13-9-14(12-20-5-7-23-8-6-20)3-4-16(13)19-17(21)10-15(11-18)22-2/h3-4,9,15H,5-8,10-12,18H2,1-2H3,(H,19,21). The first-order valence-electron chi connectivity index (χ1n) is 8.04. The Morgan fingerprint density at radius 1 is 1.43 bits per heavy atom. The molecule has 128 valence electrons. The van der Waals surface area contributed by atoms with Gasteiger partial charge in [0.15, 0.2) is 0 Å². The first kappa shape index (κ1) is 18.3. The van der Waals surface area contributed by atoms with Crippen molar-refractivity contribution >= 4 is 23.4 Å². The molecule has 0 spiro atoms. The van der Waals surface area contributed by atoms with Crippen LogP contribution in [-0.2, 0) is 16.1 Å². The van der Waals surface area contributed by atoms with Crippen molar-refractivity contribution in [1.82, 2.24) is 4.90 Å². The van der Waals surface area contributed by atoms with Gasteiger partial charge < -0.3 is 15.8 Å². The summed E-state index contributed by atoms with van der Waals surface area (Å²) in [5, 5.41) is 2.95. The molecule has 0 saturated carbocycles. The van der Waals surface area contributed by atoms with Gasteiger partial charge in [0, 0.05) is 50.5 Å². The van der Waals surface area contributed by atoms with E-state index in [0.29, 0.717) is 6.54 Å². The Morgan fingerprint density at radius 3 is 2.78 bits per heavy atom. The van der Waals surface area contributed by atoms with Crippen molar-refractivity contribution in [3.8, 4) is 0 Å². The van der Waals surface area contributed by atoms with E-state index in [1.807, 2.05) is 24.8 Å². The van der Waals surface area contributed by atoms with Crippen LogP contribution in [0.15, 0.2) is 18.2 Å². The van der Waals surface area contributed by atoms with E-state index in [4.69, 9.17) is 10.5 Å². The molecule has 1 aromatic rings. The first-order chi connectivity index (χ1) is 11.1. The molecule has 1 amide bonds. The van der Waals surface area contributed by atoms with Crippen LogP contribution in [0, 0.1) is 6.92 Å². The fourth-order valence-corrected chi connectivity index (χ4v) is 3.63. The third-order valence-corrected chi connectivity index (χ3v) is 5.03. The number of carbonyl (C=O) groups excluding carboxylic acids is 1. The number of nitrogens with zero attached hydrogens (tertiary/aromatic N) is 1. The predicted molar refractivity (Wildman–Crippen MR) is 96.9 cm³/mol. The minimum absolute atomic E-state index is 0.0637. The largest absolute Gasteiger partial charge is 0.380 e. The molecular weight excluding hydrogens is 310 g/mol. The van der Waals surface area contributed by atoms with Crippen LogP contribution < -0.4 is 11.1 Å². The molecule has 0 aromatic heterocycles. The number of aryl methyl sites for hydroxylation is 1. The Kier molecular flexibility index (Phi) is 7.36. The Bertz CT molecular complexity index is 515. The van der Waals surface area contributed by atoms with E-state index in [-0.39, 0.29) is 18.4 Å². The van der Waals surface area contributed by atoms with Gasteiger partial charge in [-0.2, -0.15) is 11.8 Å². The van der Waals surface area contributed by atoms with Crippen molar-refractivity contribution in [3.63, 3.8) is 0 Å². The molecule has 1 aliphatic heterocycles. The molecular formula is C17H27N3O2S. The van der Waals surface area contributed by atoms with Gasteiger partial charge in [-0.25, -0.2) is 0 Å². The highest BCUT2D eigenvalue weighted by Crippen LogP contribution is 2.19. The normalized spacial score (nSPS) is 17.0. The molecule has 1 unspecified atom stereocenters. The highest BCUT2D eigenvalue weighted by molar-refractivity contribution is 7.99. The Hall–Kier alpha value is -1.08. The molecule has 1 saturated heterocycles. The molecule has 6 heteroatoms. The van der Waals surface area contributed by atoms with E-state index in [2.05, 4.69) is 22.3 Å². The van der Waals surface area contributed by atoms with E-state index in [0.717, 1.165) is 30.9 Å². The zero-order chi connectivity index (χ0) is 16.7. The van der Waals surface area contributed by atoms with Crippen LogP contribution in [-0.4, -0.2) is 55.2 Å². The van der Waals surface area contributed by atoms with Crippen LogP contribution in [0.1, 0.15) is 17.5 Å². The van der Waals surface area contributed by atoms with Crippen LogP contribution in [0.2, 0.25) is 0 Å². The minimum atomic E-state index is -0.230. The number of hydrogen-bond donors (Lipinski definition) is 2. The number of ether oxygens (including phenoxy) is 1. The highest BCUT2D eigenvalue weighted by atomic mass is 32.2. The van der Waals surface area contributed by atoms with Crippen molar-refractivity contribution in [2.45, 2.75) is 26.0 Å². The maximum atomic E-state index is 12.0. The molecule has 1 atom stereocenters. The lowest BCUT2D eigenvalue weighted by Crippen LogP contribution is -2.32. The summed E-state index contributed by atoms with van der Waals surface area (Å²) >= 11 is 2.02. The van der Waals surface area contributed by atoms with Gasteiger partial charge in [0.2, 0.25) is 5.91 Å². The van der Waals surface area contributed by atoms with E-state index < -0.39 is 0 Å². The third kappa shape index (κ3) is 5.80. The molecule has 2 rings (SSSR count). The number of anilines is 1. The monoisotopic (exact) mass is 337 g/mol. The van der Waals surface area contributed by atoms with Crippen molar-refractivity contribution in [2.24, 2.45) is 5.73 Å². The summed E-state index contributed by atoms with van der Waals surface area (Å²) in [5.41, 5.74) is 8.80. The molecule has 1 aromatic carbocycles. The number of benzene rings is 1. The van der Waals surface area contributed by atoms with Crippen LogP contribution in [0.3, 0.4) is 0 Å². The van der Waals surface area contributed by atoms with E-state index >= 15 is 0 Å². The van der Waals surface area contributed by atoms with Crippen LogP contribution in [0.4, 0.5) is 5.69 Å². The SMILES string of the molecule is COC(CN)CC(=O)Nc1ccc(CN2CCSCC2)cc1C. The zero-order valence-electron chi connectivity index (χ0n) is 14.0. The summed E-state index contributed by atoms with van der Waals surface area (Å²) in [7, 11) is 1.57. The first-order valence-corrected chi connectivity index (χ1v) is 9.20. The molecule has 0 radical (unpaired) electrons. The number of amides is 1. The fraction of sp³-hybridized carbons (Fsp3) is 0.588. The third-order valence-electron chi connectivity index (χ3n) is 4.08. The Balaban J connectivity index is 1.92. The van der Waals surface area contributed by atoms with E-state index in [1.165, 1.54) is 17.1 Å². The second kappa shape index (κ2) is 9.27. The smallest absolute Gasteiger partial charge is 0.227 e. The van der Waals surface area contributed by atoms with Gasteiger partial charge in [-0.05, 0) is 24.1 Å². The van der Waals surface area contributed by atoms with Gasteiger partial charge in [0.25, 0.3) is 0 Å². The van der Waals surface area contributed by atoms with Gasteiger partial charge in [-0.15, -0.1) is 0 Å². The maximum Gasteiger partial charge on any atom is 0.227 e. The molecule has 1 aliphatic rings. The molecule has 23 heavy (non-hydrogen) atoms. The van der Waals surface area contributed by atoms with E-state index in [9.17, 15) is 4.79 Å². The number of thioether (sulfide) groups is 1. The second-order valence-electron chi connectivity index (χ2n) is 5.88. The molecule has 5 nitrogen and oxygen atoms in total. The summed E-state index contributed by atoms with van der Waals surface area (Å²) in [6.45, 7) is 5.66. The Labute approximate surface area is 142 Å². The molecule has 3 N–H and O–H groups in total. The van der Waals surface area contributed by atoms with Crippen LogP contribution >= 0.6 is 11.8 Å². The van der Waals surface area contributed by atoms with Crippen LogP contribution in [0.25, 0.3) is 0 Å². The van der Waals surface area contributed by atoms with Crippen molar-refractivity contribution in [1.29, 1.82) is 0 Å². The molecule has 0 aliphatic carbocycles. The van der Waals surface area contributed by atoms with Crippen molar-refractivity contribution in [2.75, 3.05) is 43.6 Å². The van der Waals surface area contributed by atoms with Crippen molar-refractivity contribution < 1.29 is 9.53 Å². The lowest BCUT2D eigenvalue weighted by atomic mass is 10.1. The average Bonchev–Trinajstić information content (AvgIpc) is 2.56. The summed E-state index contributed by atoms with van der Waals surface area (Å²) in [4.78, 5) is 14.5. The number of carbonyl (C=O) groups is 1. The van der Waals surface area contributed by atoms with E-state index in [1.54, 1.807) is 7.11 Å². The number of nitrogens with one attached hydrogen (secondary N) is 1. The number of nitrogens with two attached hydrogens (primary N) is 1. The zero-order valence-corrected chi connectivity index (χ0v) is 14.8. The highest BCUT2D eigenvalue weighted by Gasteiger charge is 2.14. The van der Waals surface area contributed by atoms with Crippen molar-refractivity contribution in [3.05, 3.63) is 29.3 Å². The quantitative estimate of drug-likeness (QED) is 0.795. The number of methoxy groups -OCH3 is 1. The second-order valence-corrected chi connectivity index (χ2v) is 7.11. The minimum Gasteiger partial charge on any atom is -0.380 e. The molecule has 1 heterocycles. The maximum absolute atomic E-state index is 12.0. The predicted octanol–water partition coefficient (Wildman–Crippen LogP) is 1.85. The molecule has 1 fully saturated rings. The average molecular weight is 337 g/mol. The fourth-order valence-electron chi connectivity index (χ4n) is 2.65. The Morgan fingerprint density at radius 2 is 2.17 bits per heavy atom. The van der Waals surface area contributed by atoms with Gasteiger partial charge in [-0.3, -0.25) is 9.69 Å². The summed E-state index contributed by atoms with van der Waals surface area (Å²) < 4.78 is 5.15. The van der Waals surface area contributed by atoms with Gasteiger partial charge in [-0.1, -0.05) is 12.1 Å². The van der Waals surface area contributed by atoms with Gasteiger partial charge in [0.05, 0.1) is 12.5 Å².